The summed E-state index contributed by atoms with van der Waals surface area (Å²) in [6.07, 6.45) is 1.88. The molecule has 1 aromatic carbocycles. The number of phenolic OH excluding ortho intramolecular Hbond substituents is 1. The molecule has 17 heavy (non-hydrogen) atoms. The molecule has 0 atom stereocenters. The van der Waals surface area contributed by atoms with Gasteiger partial charge in [-0.2, -0.15) is 0 Å². The Morgan fingerprint density at radius 1 is 1.47 bits per heavy atom. The van der Waals surface area contributed by atoms with E-state index in [1.165, 1.54) is 18.2 Å². The normalized spacial score (nSPS) is 11.2. The quantitative estimate of drug-likeness (QED) is 0.554. The Labute approximate surface area is 102 Å². The van der Waals surface area contributed by atoms with Gasteiger partial charge in [0.2, 0.25) is 0 Å². The molecule has 0 saturated heterocycles. The number of rotatable bonds is 4. The van der Waals surface area contributed by atoms with Gasteiger partial charge in [-0.1, -0.05) is 13.3 Å². The summed E-state index contributed by atoms with van der Waals surface area (Å²) in [5.74, 6) is -0.213. The first-order chi connectivity index (χ1) is 7.85. The van der Waals surface area contributed by atoms with E-state index in [1.54, 1.807) is 0 Å². The van der Waals surface area contributed by atoms with Crippen LogP contribution < -0.4 is 11.1 Å². The van der Waals surface area contributed by atoms with E-state index in [2.05, 4.69) is 12.2 Å². The Balaban J connectivity index is 2.86. The highest BCUT2D eigenvalue weighted by molar-refractivity contribution is 5.99. The minimum Gasteiger partial charge on any atom is -0.508 e. The van der Waals surface area contributed by atoms with E-state index in [1.807, 2.05) is 13.8 Å². The molecule has 4 N–H and O–H groups in total. The highest BCUT2D eigenvalue weighted by Gasteiger charge is 2.21. The molecule has 4 nitrogen and oxygen atoms in total. The summed E-state index contributed by atoms with van der Waals surface area (Å²) in [4.78, 5) is 12.0. The molecule has 0 bridgehead atoms. The van der Waals surface area contributed by atoms with Gasteiger partial charge >= 0.3 is 0 Å². The fourth-order valence-corrected chi connectivity index (χ4v) is 1.80. The molecule has 94 valence electrons. The Morgan fingerprint density at radius 3 is 2.71 bits per heavy atom. The van der Waals surface area contributed by atoms with Gasteiger partial charge in [-0.15, -0.1) is 0 Å². The molecule has 0 aromatic heterocycles. The van der Waals surface area contributed by atoms with E-state index >= 15 is 0 Å². The number of aromatic hydroxyl groups is 1. The van der Waals surface area contributed by atoms with Crippen molar-refractivity contribution >= 4 is 11.6 Å². The van der Waals surface area contributed by atoms with Crippen LogP contribution in [0.25, 0.3) is 0 Å². The number of amides is 1. The number of carbonyl (C=O) groups is 1. The minimum atomic E-state index is -0.274. The van der Waals surface area contributed by atoms with Crippen molar-refractivity contribution in [3.05, 3.63) is 23.8 Å². The van der Waals surface area contributed by atoms with Crippen molar-refractivity contribution in [3.8, 4) is 5.75 Å². The predicted molar refractivity (Wildman–Crippen MR) is 69.0 cm³/mol. The van der Waals surface area contributed by atoms with Gasteiger partial charge in [0.25, 0.3) is 5.91 Å². The number of hydrogen-bond donors (Lipinski definition) is 3. The smallest absolute Gasteiger partial charge is 0.253 e. The third-order valence-corrected chi connectivity index (χ3v) is 2.61. The number of nitrogens with one attached hydrogen (secondary N) is 1. The summed E-state index contributed by atoms with van der Waals surface area (Å²) < 4.78 is 0. The van der Waals surface area contributed by atoms with Crippen molar-refractivity contribution < 1.29 is 9.90 Å². The van der Waals surface area contributed by atoms with E-state index in [9.17, 15) is 9.90 Å². The maximum absolute atomic E-state index is 12.0. The van der Waals surface area contributed by atoms with Crippen LogP contribution in [-0.4, -0.2) is 16.6 Å². The van der Waals surface area contributed by atoms with Gasteiger partial charge in [0.1, 0.15) is 5.75 Å². The molecule has 0 aliphatic rings. The summed E-state index contributed by atoms with van der Waals surface area (Å²) in [5.41, 5.74) is 6.12. The molecular formula is C13H20N2O2. The zero-order valence-electron chi connectivity index (χ0n) is 10.6. The second-order valence-electron chi connectivity index (χ2n) is 4.86. The van der Waals surface area contributed by atoms with Gasteiger partial charge in [-0.25, -0.2) is 0 Å². The Kier molecular flexibility index (Phi) is 3.99. The van der Waals surface area contributed by atoms with Crippen LogP contribution in [0.15, 0.2) is 18.2 Å². The van der Waals surface area contributed by atoms with Crippen LogP contribution >= 0.6 is 0 Å². The fraction of sp³-hybridized carbons (Fsp3) is 0.462. The topological polar surface area (TPSA) is 75.3 Å². The van der Waals surface area contributed by atoms with Crippen LogP contribution in [0.1, 0.15) is 44.0 Å². The number of hydrogen-bond acceptors (Lipinski definition) is 3. The molecule has 0 aliphatic heterocycles. The molecule has 4 heteroatoms. The SMILES string of the molecule is CCCC(C)(C)NC(=O)c1cc(O)ccc1N. The van der Waals surface area contributed by atoms with Crippen molar-refractivity contribution in [1.29, 1.82) is 0 Å². The summed E-state index contributed by atoms with van der Waals surface area (Å²) in [5, 5.41) is 12.3. The van der Waals surface area contributed by atoms with Crippen molar-refractivity contribution in [2.45, 2.75) is 39.2 Å². The molecule has 0 heterocycles. The monoisotopic (exact) mass is 236 g/mol. The van der Waals surface area contributed by atoms with E-state index in [-0.39, 0.29) is 17.2 Å². The lowest BCUT2D eigenvalue weighted by Crippen LogP contribution is -2.43. The number of anilines is 1. The molecule has 0 aliphatic carbocycles. The maximum Gasteiger partial charge on any atom is 0.253 e. The highest BCUT2D eigenvalue weighted by atomic mass is 16.3. The predicted octanol–water partition coefficient (Wildman–Crippen LogP) is 2.28. The van der Waals surface area contributed by atoms with Gasteiger partial charge in [0, 0.05) is 11.2 Å². The van der Waals surface area contributed by atoms with Crippen LogP contribution in [-0.2, 0) is 0 Å². The second-order valence-corrected chi connectivity index (χ2v) is 4.86. The third kappa shape index (κ3) is 3.66. The average Bonchev–Trinajstić information content (AvgIpc) is 2.20. The third-order valence-electron chi connectivity index (χ3n) is 2.61. The lowest BCUT2D eigenvalue weighted by atomic mass is 9.98. The average molecular weight is 236 g/mol. The molecule has 0 saturated carbocycles. The van der Waals surface area contributed by atoms with Crippen LogP contribution in [0.3, 0.4) is 0 Å². The second kappa shape index (κ2) is 5.08. The number of benzene rings is 1. The van der Waals surface area contributed by atoms with Gasteiger partial charge < -0.3 is 16.2 Å². The first-order valence-corrected chi connectivity index (χ1v) is 5.77. The van der Waals surface area contributed by atoms with Gasteiger partial charge in [-0.3, -0.25) is 4.79 Å². The molecule has 1 rings (SSSR count). The lowest BCUT2D eigenvalue weighted by molar-refractivity contribution is 0.0909. The molecule has 0 unspecified atom stereocenters. The summed E-state index contributed by atoms with van der Waals surface area (Å²) in [6, 6.07) is 4.37. The first-order valence-electron chi connectivity index (χ1n) is 5.77. The Morgan fingerprint density at radius 2 is 2.12 bits per heavy atom. The van der Waals surface area contributed by atoms with Crippen LogP contribution in [0.4, 0.5) is 5.69 Å². The van der Waals surface area contributed by atoms with E-state index in [0.717, 1.165) is 12.8 Å². The van der Waals surface area contributed by atoms with Crippen LogP contribution in [0.5, 0.6) is 5.75 Å². The van der Waals surface area contributed by atoms with Crippen molar-refractivity contribution in [2.24, 2.45) is 0 Å². The van der Waals surface area contributed by atoms with Gasteiger partial charge in [0.05, 0.1) is 5.56 Å². The summed E-state index contributed by atoms with van der Waals surface area (Å²) in [7, 11) is 0. The molecule has 0 spiro atoms. The highest BCUT2D eigenvalue weighted by Crippen LogP contribution is 2.20. The molecular weight excluding hydrogens is 216 g/mol. The van der Waals surface area contributed by atoms with E-state index in [0.29, 0.717) is 11.3 Å². The number of carbonyl (C=O) groups excluding carboxylic acids is 1. The summed E-state index contributed by atoms with van der Waals surface area (Å²) in [6.45, 7) is 6.00. The number of phenols is 1. The Hall–Kier alpha value is -1.71. The molecule has 0 radical (unpaired) electrons. The molecule has 1 aromatic rings. The largest absolute Gasteiger partial charge is 0.508 e. The zero-order valence-corrected chi connectivity index (χ0v) is 10.6. The zero-order chi connectivity index (χ0) is 13.1. The first kappa shape index (κ1) is 13.4. The summed E-state index contributed by atoms with van der Waals surface area (Å²) >= 11 is 0. The van der Waals surface area contributed by atoms with Crippen molar-refractivity contribution in [1.82, 2.24) is 5.32 Å². The minimum absolute atomic E-state index is 0.0395. The molecule has 1 amide bonds. The standard InChI is InChI=1S/C13H20N2O2/c1-4-7-13(2,3)15-12(17)10-8-9(16)5-6-11(10)14/h5-6,8,16H,4,7,14H2,1-3H3,(H,15,17). The van der Waals surface area contributed by atoms with Crippen molar-refractivity contribution in [2.75, 3.05) is 5.73 Å². The van der Waals surface area contributed by atoms with Gasteiger partial charge in [0.15, 0.2) is 0 Å². The number of nitrogen functional groups attached to an aromatic ring is 1. The van der Waals surface area contributed by atoms with E-state index in [4.69, 9.17) is 5.73 Å². The lowest BCUT2D eigenvalue weighted by Gasteiger charge is -2.26. The Bertz CT molecular complexity index is 414. The molecule has 0 fully saturated rings. The number of nitrogens with two attached hydrogens (primary N) is 1. The van der Waals surface area contributed by atoms with E-state index < -0.39 is 0 Å². The van der Waals surface area contributed by atoms with Crippen molar-refractivity contribution in [3.63, 3.8) is 0 Å². The maximum atomic E-state index is 12.0. The van der Waals surface area contributed by atoms with Crippen LogP contribution in [0.2, 0.25) is 0 Å². The van der Waals surface area contributed by atoms with Crippen LogP contribution in [0, 0.1) is 0 Å². The fourth-order valence-electron chi connectivity index (χ4n) is 1.80. The van der Waals surface area contributed by atoms with Gasteiger partial charge in [-0.05, 0) is 38.5 Å².